The zero-order chi connectivity index (χ0) is 14.7. The van der Waals surface area contributed by atoms with Crippen LogP contribution in [-0.4, -0.2) is 29.1 Å². The van der Waals surface area contributed by atoms with E-state index in [2.05, 4.69) is 0 Å². The Morgan fingerprint density at radius 3 is 2.24 bits per heavy atom. The van der Waals surface area contributed by atoms with Gasteiger partial charge < -0.3 is 10.0 Å². The highest BCUT2D eigenvalue weighted by Crippen LogP contribution is 2.34. The molecule has 2 atom stereocenters. The van der Waals surface area contributed by atoms with Crippen LogP contribution in [0.5, 0.6) is 0 Å². The molecule has 3 heteroatoms. The third kappa shape index (κ3) is 2.83. The number of aliphatic hydroxyl groups excluding tert-OH is 1. The fourth-order valence-corrected chi connectivity index (χ4v) is 3.06. The van der Waals surface area contributed by atoms with Crippen molar-refractivity contribution in [2.75, 3.05) is 13.2 Å². The lowest BCUT2D eigenvalue weighted by Crippen LogP contribution is -2.26. The predicted octanol–water partition coefficient (Wildman–Crippen LogP) is 2.42. The number of likely N-dealkylation sites (tertiary alicyclic amines) is 1. The average Bonchev–Trinajstić information content (AvgIpc) is 2.85. The molecule has 1 amide bonds. The van der Waals surface area contributed by atoms with E-state index in [9.17, 15) is 9.90 Å². The second-order valence-corrected chi connectivity index (χ2v) is 5.54. The first-order valence-electron chi connectivity index (χ1n) is 7.28. The first kappa shape index (κ1) is 13.8. The van der Waals surface area contributed by atoms with Crippen molar-refractivity contribution in [3.8, 4) is 0 Å². The summed E-state index contributed by atoms with van der Waals surface area (Å²) in [5.74, 6) is -0.132. The molecule has 108 valence electrons. The lowest BCUT2D eigenvalue weighted by Gasteiger charge is -2.16. The molecule has 3 rings (SSSR count). The largest absolute Gasteiger partial charge is 0.396 e. The SMILES string of the molecule is O=C1[C@@H](c2ccccc2)[C@H](CO)CN1Cc1ccccc1. The van der Waals surface area contributed by atoms with E-state index in [1.54, 1.807) is 0 Å². The van der Waals surface area contributed by atoms with Crippen LogP contribution in [-0.2, 0) is 11.3 Å². The topological polar surface area (TPSA) is 40.5 Å². The molecule has 1 aliphatic rings. The van der Waals surface area contributed by atoms with Gasteiger partial charge in [0.2, 0.25) is 5.91 Å². The summed E-state index contributed by atoms with van der Waals surface area (Å²) in [6.07, 6.45) is 0. The molecule has 2 aromatic carbocycles. The van der Waals surface area contributed by atoms with Crippen LogP contribution in [0.1, 0.15) is 17.0 Å². The first-order valence-corrected chi connectivity index (χ1v) is 7.28. The zero-order valence-electron chi connectivity index (χ0n) is 11.9. The Balaban J connectivity index is 1.81. The van der Waals surface area contributed by atoms with Crippen molar-refractivity contribution in [3.63, 3.8) is 0 Å². The molecule has 2 aromatic rings. The Hall–Kier alpha value is -2.13. The minimum Gasteiger partial charge on any atom is -0.396 e. The van der Waals surface area contributed by atoms with Crippen molar-refractivity contribution in [2.45, 2.75) is 12.5 Å². The van der Waals surface area contributed by atoms with Gasteiger partial charge in [-0.1, -0.05) is 60.7 Å². The number of aliphatic hydroxyl groups is 1. The highest BCUT2D eigenvalue weighted by atomic mass is 16.3. The van der Waals surface area contributed by atoms with E-state index in [4.69, 9.17) is 0 Å². The maximum absolute atomic E-state index is 12.7. The van der Waals surface area contributed by atoms with E-state index in [0.29, 0.717) is 13.1 Å². The van der Waals surface area contributed by atoms with Crippen LogP contribution in [0.25, 0.3) is 0 Å². The number of hydrogen-bond acceptors (Lipinski definition) is 2. The van der Waals surface area contributed by atoms with Crippen LogP contribution in [0.2, 0.25) is 0 Å². The fourth-order valence-electron chi connectivity index (χ4n) is 3.06. The van der Waals surface area contributed by atoms with E-state index in [1.165, 1.54) is 0 Å². The number of amides is 1. The Bertz CT molecular complexity index is 597. The normalized spacial score (nSPS) is 21.8. The number of nitrogens with zero attached hydrogens (tertiary/aromatic N) is 1. The summed E-state index contributed by atoms with van der Waals surface area (Å²) in [6.45, 7) is 1.26. The predicted molar refractivity (Wildman–Crippen MR) is 81.6 cm³/mol. The van der Waals surface area contributed by atoms with Crippen molar-refractivity contribution in [3.05, 3.63) is 71.8 Å². The number of carbonyl (C=O) groups excluding carboxylic acids is 1. The van der Waals surface area contributed by atoms with Gasteiger partial charge in [-0.25, -0.2) is 0 Å². The summed E-state index contributed by atoms with van der Waals surface area (Å²) < 4.78 is 0. The van der Waals surface area contributed by atoms with Crippen LogP contribution >= 0.6 is 0 Å². The lowest BCUT2D eigenvalue weighted by molar-refractivity contribution is -0.129. The molecule has 0 spiro atoms. The van der Waals surface area contributed by atoms with Gasteiger partial charge in [0.1, 0.15) is 0 Å². The number of hydrogen-bond donors (Lipinski definition) is 1. The van der Waals surface area contributed by atoms with Gasteiger partial charge in [-0.05, 0) is 11.1 Å². The minimum atomic E-state index is -0.222. The van der Waals surface area contributed by atoms with E-state index in [0.717, 1.165) is 11.1 Å². The van der Waals surface area contributed by atoms with Crippen LogP contribution < -0.4 is 0 Å². The highest BCUT2D eigenvalue weighted by molar-refractivity contribution is 5.86. The summed E-state index contributed by atoms with van der Waals surface area (Å²) in [4.78, 5) is 14.5. The first-order chi connectivity index (χ1) is 10.3. The summed E-state index contributed by atoms with van der Waals surface area (Å²) in [5.41, 5.74) is 2.12. The van der Waals surface area contributed by atoms with Gasteiger partial charge in [0, 0.05) is 25.6 Å². The molecule has 1 N–H and O–H groups in total. The van der Waals surface area contributed by atoms with Gasteiger partial charge in [-0.2, -0.15) is 0 Å². The number of benzene rings is 2. The average molecular weight is 281 g/mol. The van der Waals surface area contributed by atoms with Crippen LogP contribution in [0, 0.1) is 5.92 Å². The van der Waals surface area contributed by atoms with Crippen molar-refractivity contribution in [2.24, 2.45) is 5.92 Å². The van der Waals surface area contributed by atoms with Crippen molar-refractivity contribution in [1.29, 1.82) is 0 Å². The fraction of sp³-hybridized carbons (Fsp3) is 0.278. The molecule has 1 fully saturated rings. The molecule has 0 radical (unpaired) electrons. The van der Waals surface area contributed by atoms with Crippen LogP contribution in [0.15, 0.2) is 60.7 Å². The van der Waals surface area contributed by atoms with Gasteiger partial charge in [-0.3, -0.25) is 4.79 Å². The molecule has 1 heterocycles. The molecule has 0 unspecified atom stereocenters. The Morgan fingerprint density at radius 2 is 1.62 bits per heavy atom. The molecule has 1 saturated heterocycles. The highest BCUT2D eigenvalue weighted by Gasteiger charge is 2.40. The van der Waals surface area contributed by atoms with E-state index < -0.39 is 0 Å². The number of carbonyl (C=O) groups is 1. The Labute approximate surface area is 124 Å². The molecule has 3 nitrogen and oxygen atoms in total. The molecule has 0 aliphatic carbocycles. The maximum Gasteiger partial charge on any atom is 0.230 e. The molecule has 0 saturated carbocycles. The molecular formula is C18H19NO2. The Kier molecular flexibility index (Phi) is 4.02. The standard InChI is InChI=1S/C18H19NO2/c20-13-16-12-19(11-14-7-3-1-4-8-14)18(21)17(16)15-9-5-2-6-10-15/h1-10,16-17,20H,11-13H2/t16-,17-/m0/s1. The smallest absolute Gasteiger partial charge is 0.230 e. The second-order valence-electron chi connectivity index (χ2n) is 5.54. The van der Waals surface area contributed by atoms with Crippen molar-refractivity contribution < 1.29 is 9.90 Å². The monoisotopic (exact) mass is 281 g/mol. The quantitative estimate of drug-likeness (QED) is 0.935. The molecule has 0 bridgehead atoms. The zero-order valence-corrected chi connectivity index (χ0v) is 11.9. The third-order valence-corrected chi connectivity index (χ3v) is 4.11. The molecular weight excluding hydrogens is 262 g/mol. The van der Waals surface area contributed by atoms with Crippen molar-refractivity contribution in [1.82, 2.24) is 4.90 Å². The van der Waals surface area contributed by atoms with Gasteiger partial charge in [0.05, 0.1) is 5.92 Å². The summed E-state index contributed by atoms with van der Waals surface area (Å²) in [6, 6.07) is 19.7. The second kappa shape index (κ2) is 6.10. The van der Waals surface area contributed by atoms with Gasteiger partial charge in [0.15, 0.2) is 0 Å². The summed E-state index contributed by atoms with van der Waals surface area (Å²) in [7, 11) is 0. The molecule has 0 aromatic heterocycles. The van der Waals surface area contributed by atoms with Crippen LogP contribution in [0.4, 0.5) is 0 Å². The minimum absolute atomic E-state index is 0.0244. The summed E-state index contributed by atoms with van der Waals surface area (Å²) in [5, 5.41) is 9.62. The number of rotatable bonds is 4. The van der Waals surface area contributed by atoms with E-state index in [-0.39, 0.29) is 24.3 Å². The lowest BCUT2D eigenvalue weighted by atomic mass is 9.89. The van der Waals surface area contributed by atoms with E-state index >= 15 is 0 Å². The van der Waals surface area contributed by atoms with Gasteiger partial charge >= 0.3 is 0 Å². The van der Waals surface area contributed by atoms with Crippen molar-refractivity contribution >= 4 is 5.91 Å². The molecule has 21 heavy (non-hydrogen) atoms. The summed E-state index contributed by atoms with van der Waals surface area (Å²) >= 11 is 0. The van der Waals surface area contributed by atoms with E-state index in [1.807, 2.05) is 65.6 Å². The van der Waals surface area contributed by atoms with Gasteiger partial charge in [0.25, 0.3) is 0 Å². The maximum atomic E-state index is 12.7. The van der Waals surface area contributed by atoms with Gasteiger partial charge in [-0.15, -0.1) is 0 Å². The third-order valence-electron chi connectivity index (χ3n) is 4.11. The Morgan fingerprint density at radius 1 is 1.00 bits per heavy atom. The van der Waals surface area contributed by atoms with Crippen LogP contribution in [0.3, 0.4) is 0 Å². The molecule has 1 aliphatic heterocycles.